The Kier molecular flexibility index (Phi) is 6.12. The second-order valence-corrected chi connectivity index (χ2v) is 6.04. The summed E-state index contributed by atoms with van der Waals surface area (Å²) >= 11 is 0. The van der Waals surface area contributed by atoms with E-state index >= 15 is 0 Å². The van der Waals surface area contributed by atoms with Crippen molar-refractivity contribution in [1.29, 1.82) is 0 Å². The molecule has 0 spiro atoms. The smallest absolute Gasteiger partial charge is 0.337 e. The van der Waals surface area contributed by atoms with E-state index in [2.05, 4.69) is 32.9 Å². The van der Waals surface area contributed by atoms with Gasteiger partial charge in [-0.05, 0) is 55.2 Å². The van der Waals surface area contributed by atoms with Gasteiger partial charge in [-0.3, -0.25) is 0 Å². The Labute approximate surface area is 143 Å². The number of hydrogen-bond donors (Lipinski definition) is 1. The Morgan fingerprint density at radius 1 is 1.08 bits per heavy atom. The predicted molar refractivity (Wildman–Crippen MR) is 95.0 cm³/mol. The van der Waals surface area contributed by atoms with Crippen LogP contribution in [0.1, 0.15) is 44.3 Å². The first kappa shape index (κ1) is 18.2. The van der Waals surface area contributed by atoms with Gasteiger partial charge in [0.15, 0.2) is 0 Å². The number of rotatable bonds is 6. The number of carbonyl (C=O) groups excluding carboxylic acids is 1. The van der Waals surface area contributed by atoms with Crippen molar-refractivity contribution in [2.24, 2.45) is 5.73 Å². The second kappa shape index (κ2) is 8.08. The van der Waals surface area contributed by atoms with Crippen molar-refractivity contribution in [3.05, 3.63) is 69.8 Å². The van der Waals surface area contributed by atoms with E-state index in [1.165, 1.54) is 23.8 Å². The van der Waals surface area contributed by atoms with E-state index < -0.39 is 0 Å². The molecule has 2 aromatic carbocycles. The lowest BCUT2D eigenvalue weighted by atomic mass is 9.95. The summed E-state index contributed by atoms with van der Waals surface area (Å²) in [5.74, 6) is -0.340. The zero-order valence-electron chi connectivity index (χ0n) is 14.8. The van der Waals surface area contributed by atoms with Gasteiger partial charge in [0.05, 0.1) is 25.4 Å². The number of carbonyl (C=O) groups is 1. The Morgan fingerprint density at radius 2 is 1.67 bits per heavy atom. The minimum Gasteiger partial charge on any atom is -0.465 e. The van der Waals surface area contributed by atoms with E-state index in [-0.39, 0.29) is 12.1 Å². The van der Waals surface area contributed by atoms with Crippen LogP contribution < -0.4 is 5.73 Å². The van der Waals surface area contributed by atoms with Gasteiger partial charge >= 0.3 is 5.97 Å². The Bertz CT molecular complexity index is 684. The first-order valence-corrected chi connectivity index (χ1v) is 8.03. The van der Waals surface area contributed by atoms with Crippen molar-refractivity contribution in [3.8, 4) is 0 Å². The van der Waals surface area contributed by atoms with Gasteiger partial charge in [0.2, 0.25) is 0 Å². The van der Waals surface area contributed by atoms with Crippen LogP contribution in [0.4, 0.5) is 0 Å². The van der Waals surface area contributed by atoms with Gasteiger partial charge in [-0.25, -0.2) is 4.79 Å². The number of methoxy groups -OCH3 is 1. The Balaban J connectivity index is 2.10. The van der Waals surface area contributed by atoms with Crippen molar-refractivity contribution < 1.29 is 14.3 Å². The molecule has 0 fully saturated rings. The third kappa shape index (κ3) is 4.22. The summed E-state index contributed by atoms with van der Waals surface area (Å²) in [5, 5.41) is 0. The predicted octanol–water partition coefficient (Wildman–Crippen LogP) is 3.62. The first-order valence-electron chi connectivity index (χ1n) is 8.03. The van der Waals surface area contributed by atoms with Crippen LogP contribution in [-0.2, 0) is 16.1 Å². The van der Waals surface area contributed by atoms with Gasteiger partial charge < -0.3 is 15.2 Å². The third-order valence-corrected chi connectivity index (χ3v) is 4.10. The van der Waals surface area contributed by atoms with Crippen LogP contribution in [0.25, 0.3) is 0 Å². The number of nitrogens with two attached hydrogens (primary N) is 1. The average Bonchev–Trinajstić information content (AvgIpc) is 2.56. The molecule has 0 aliphatic heterocycles. The van der Waals surface area contributed by atoms with Gasteiger partial charge in [0, 0.05) is 6.54 Å². The summed E-state index contributed by atoms with van der Waals surface area (Å²) in [7, 11) is 1.37. The maximum absolute atomic E-state index is 11.5. The average molecular weight is 327 g/mol. The summed E-state index contributed by atoms with van der Waals surface area (Å²) in [6, 6.07) is 11.5. The first-order chi connectivity index (χ1) is 11.5. The van der Waals surface area contributed by atoms with Crippen molar-refractivity contribution in [1.82, 2.24) is 0 Å². The standard InChI is InChI=1S/C20H25NO3/c1-13-9-14(2)19(15(3)10-13)18(11-21)24-12-16-5-7-17(8-6-16)20(22)23-4/h5-10,18H,11-12,21H2,1-4H3. The van der Waals surface area contributed by atoms with Gasteiger partial charge in [0.1, 0.15) is 0 Å². The van der Waals surface area contributed by atoms with Crippen LogP contribution in [0.5, 0.6) is 0 Å². The lowest BCUT2D eigenvalue weighted by molar-refractivity contribution is 0.0447. The molecule has 0 saturated carbocycles. The number of hydrogen-bond acceptors (Lipinski definition) is 4. The van der Waals surface area contributed by atoms with Crippen molar-refractivity contribution in [3.63, 3.8) is 0 Å². The normalized spacial score (nSPS) is 12.0. The fraction of sp³-hybridized carbons (Fsp3) is 0.350. The van der Waals surface area contributed by atoms with Crippen LogP contribution in [0, 0.1) is 20.8 Å². The molecule has 2 aromatic rings. The Morgan fingerprint density at radius 3 is 2.17 bits per heavy atom. The van der Waals surface area contributed by atoms with Crippen LogP contribution in [0.2, 0.25) is 0 Å². The molecule has 128 valence electrons. The Hall–Kier alpha value is -2.17. The van der Waals surface area contributed by atoms with Crippen LogP contribution >= 0.6 is 0 Å². The number of esters is 1. The largest absolute Gasteiger partial charge is 0.465 e. The minimum absolute atomic E-state index is 0.147. The van der Waals surface area contributed by atoms with Crippen molar-refractivity contribution in [2.45, 2.75) is 33.5 Å². The maximum Gasteiger partial charge on any atom is 0.337 e. The molecule has 2 rings (SSSR count). The molecule has 0 heterocycles. The molecule has 0 saturated heterocycles. The second-order valence-electron chi connectivity index (χ2n) is 6.04. The third-order valence-electron chi connectivity index (χ3n) is 4.10. The molecule has 2 N–H and O–H groups in total. The summed E-state index contributed by atoms with van der Waals surface area (Å²) in [4.78, 5) is 11.5. The maximum atomic E-state index is 11.5. The quantitative estimate of drug-likeness (QED) is 0.823. The van der Waals surface area contributed by atoms with E-state index in [4.69, 9.17) is 15.2 Å². The van der Waals surface area contributed by atoms with Gasteiger partial charge in [-0.15, -0.1) is 0 Å². The summed E-state index contributed by atoms with van der Waals surface area (Å²) in [5.41, 5.74) is 12.3. The molecular weight excluding hydrogens is 302 g/mol. The van der Waals surface area contributed by atoms with Crippen molar-refractivity contribution in [2.75, 3.05) is 13.7 Å². The summed E-state index contributed by atoms with van der Waals surface area (Å²) in [6.07, 6.45) is -0.147. The van der Waals surface area contributed by atoms with E-state index in [9.17, 15) is 4.79 Å². The molecule has 0 aliphatic rings. The van der Waals surface area contributed by atoms with Crippen LogP contribution in [-0.4, -0.2) is 19.6 Å². The zero-order valence-corrected chi connectivity index (χ0v) is 14.8. The summed E-state index contributed by atoms with van der Waals surface area (Å²) < 4.78 is 10.7. The minimum atomic E-state index is -0.340. The fourth-order valence-corrected chi connectivity index (χ4v) is 3.02. The number of ether oxygens (including phenoxy) is 2. The van der Waals surface area contributed by atoms with Crippen molar-refractivity contribution >= 4 is 5.97 Å². The highest BCUT2D eigenvalue weighted by Crippen LogP contribution is 2.26. The molecular formula is C20H25NO3. The number of benzene rings is 2. The highest BCUT2D eigenvalue weighted by molar-refractivity contribution is 5.89. The molecule has 4 heteroatoms. The summed E-state index contributed by atoms with van der Waals surface area (Å²) in [6.45, 7) is 7.13. The molecule has 0 amide bonds. The van der Waals surface area contributed by atoms with E-state index in [1.54, 1.807) is 12.1 Å². The zero-order chi connectivity index (χ0) is 17.7. The van der Waals surface area contributed by atoms with E-state index in [1.807, 2.05) is 12.1 Å². The fourth-order valence-electron chi connectivity index (χ4n) is 3.02. The molecule has 1 atom stereocenters. The topological polar surface area (TPSA) is 61.5 Å². The highest BCUT2D eigenvalue weighted by Gasteiger charge is 2.16. The van der Waals surface area contributed by atoms with E-state index in [0.717, 1.165) is 11.1 Å². The highest BCUT2D eigenvalue weighted by atomic mass is 16.5. The molecule has 0 aliphatic carbocycles. The number of aryl methyl sites for hydroxylation is 3. The van der Waals surface area contributed by atoms with Crippen LogP contribution in [0.3, 0.4) is 0 Å². The SMILES string of the molecule is COC(=O)c1ccc(COC(CN)c2c(C)cc(C)cc2C)cc1. The van der Waals surface area contributed by atoms with Gasteiger partial charge in [-0.2, -0.15) is 0 Å². The molecule has 24 heavy (non-hydrogen) atoms. The van der Waals surface area contributed by atoms with E-state index in [0.29, 0.717) is 18.7 Å². The molecule has 0 radical (unpaired) electrons. The monoisotopic (exact) mass is 327 g/mol. The molecule has 0 bridgehead atoms. The molecule has 1 unspecified atom stereocenters. The van der Waals surface area contributed by atoms with Gasteiger partial charge in [-0.1, -0.05) is 29.8 Å². The lowest BCUT2D eigenvalue weighted by Crippen LogP contribution is -2.18. The lowest BCUT2D eigenvalue weighted by Gasteiger charge is -2.21. The van der Waals surface area contributed by atoms with Crippen LogP contribution in [0.15, 0.2) is 36.4 Å². The molecule has 4 nitrogen and oxygen atoms in total. The van der Waals surface area contributed by atoms with Gasteiger partial charge in [0.25, 0.3) is 0 Å². The molecule has 0 aromatic heterocycles.